The standard InChI is InChI=1S/C15H26N4O3/c1-12(2)10-13(14(20)22-4)17-15(21)16-6-5-7-19-9-8-18(3)11-19/h8-9,11-13H,5-7,10H2,1-4H3,(H-,16,17,21)/p+1/t13-/m0/s1. The zero-order valence-electron chi connectivity index (χ0n) is 13.8. The third kappa shape index (κ3) is 6.60. The second-order valence-electron chi connectivity index (χ2n) is 5.78. The predicted octanol–water partition coefficient (Wildman–Crippen LogP) is 0.590. The molecule has 0 unspecified atom stereocenters. The number of hydrogen-bond acceptors (Lipinski definition) is 3. The Morgan fingerprint density at radius 1 is 1.36 bits per heavy atom. The van der Waals surface area contributed by atoms with Gasteiger partial charge in [-0.1, -0.05) is 13.8 Å². The number of carbonyl (C=O) groups excluding carboxylic acids is 2. The van der Waals surface area contributed by atoms with Crippen LogP contribution >= 0.6 is 0 Å². The number of aryl methyl sites for hydroxylation is 2. The number of aromatic nitrogens is 2. The average molecular weight is 311 g/mol. The Bertz CT molecular complexity index is 485. The highest BCUT2D eigenvalue weighted by Gasteiger charge is 2.22. The molecule has 0 aliphatic heterocycles. The SMILES string of the molecule is COC(=O)[C@H](CC(C)C)NC(=O)NCCCn1cc[n+](C)c1. The molecule has 0 saturated heterocycles. The maximum atomic E-state index is 11.8. The van der Waals surface area contributed by atoms with E-state index in [1.165, 1.54) is 7.11 Å². The van der Waals surface area contributed by atoms with Gasteiger partial charge in [0.1, 0.15) is 18.4 Å². The summed E-state index contributed by atoms with van der Waals surface area (Å²) in [5, 5.41) is 5.43. The summed E-state index contributed by atoms with van der Waals surface area (Å²) in [6.45, 7) is 5.36. The van der Waals surface area contributed by atoms with E-state index in [1.807, 2.05) is 44.2 Å². The summed E-state index contributed by atoms with van der Waals surface area (Å²) in [6, 6.07) is -0.942. The van der Waals surface area contributed by atoms with Gasteiger partial charge >= 0.3 is 12.0 Å². The average Bonchev–Trinajstić information content (AvgIpc) is 2.87. The van der Waals surface area contributed by atoms with Crippen molar-refractivity contribution >= 4 is 12.0 Å². The lowest BCUT2D eigenvalue weighted by Gasteiger charge is -2.18. The summed E-state index contributed by atoms with van der Waals surface area (Å²) < 4.78 is 8.73. The Morgan fingerprint density at radius 2 is 2.09 bits per heavy atom. The van der Waals surface area contributed by atoms with Crippen molar-refractivity contribution in [2.24, 2.45) is 13.0 Å². The van der Waals surface area contributed by atoms with Crippen molar-refractivity contribution in [1.29, 1.82) is 0 Å². The predicted molar refractivity (Wildman–Crippen MR) is 82.0 cm³/mol. The number of rotatable bonds is 8. The Labute approximate surface area is 131 Å². The van der Waals surface area contributed by atoms with E-state index in [0.717, 1.165) is 13.0 Å². The van der Waals surface area contributed by atoms with Gasteiger partial charge in [0.25, 0.3) is 0 Å². The first-order chi connectivity index (χ1) is 10.4. The number of imidazole rings is 1. The molecule has 0 saturated carbocycles. The van der Waals surface area contributed by atoms with E-state index in [-0.39, 0.29) is 6.03 Å². The molecule has 7 nitrogen and oxygen atoms in total. The van der Waals surface area contributed by atoms with Crippen LogP contribution in [0, 0.1) is 5.92 Å². The van der Waals surface area contributed by atoms with Gasteiger partial charge in [-0.3, -0.25) is 0 Å². The van der Waals surface area contributed by atoms with Gasteiger partial charge in [0, 0.05) is 13.0 Å². The number of ether oxygens (including phenoxy) is 1. The molecule has 7 heteroatoms. The lowest BCUT2D eigenvalue weighted by molar-refractivity contribution is -0.671. The molecule has 124 valence electrons. The molecule has 0 spiro atoms. The third-order valence-electron chi connectivity index (χ3n) is 3.20. The lowest BCUT2D eigenvalue weighted by atomic mass is 10.0. The van der Waals surface area contributed by atoms with Crippen LogP contribution in [0.4, 0.5) is 4.79 Å². The number of methoxy groups -OCH3 is 1. The van der Waals surface area contributed by atoms with Gasteiger partial charge in [-0.25, -0.2) is 18.7 Å². The van der Waals surface area contributed by atoms with Crippen LogP contribution in [0.5, 0.6) is 0 Å². The normalized spacial score (nSPS) is 12.0. The van der Waals surface area contributed by atoms with E-state index >= 15 is 0 Å². The van der Waals surface area contributed by atoms with Gasteiger partial charge in [-0.2, -0.15) is 0 Å². The fourth-order valence-corrected chi connectivity index (χ4v) is 2.13. The van der Waals surface area contributed by atoms with Crippen LogP contribution in [-0.4, -0.2) is 36.3 Å². The highest BCUT2D eigenvalue weighted by atomic mass is 16.5. The number of nitrogens with one attached hydrogen (secondary N) is 2. The Balaban J connectivity index is 2.29. The zero-order valence-corrected chi connectivity index (χ0v) is 13.8. The van der Waals surface area contributed by atoms with Gasteiger partial charge in [0.15, 0.2) is 0 Å². The molecule has 1 atom stereocenters. The summed E-state index contributed by atoms with van der Waals surface area (Å²) in [5.41, 5.74) is 0. The first-order valence-corrected chi connectivity index (χ1v) is 7.55. The van der Waals surface area contributed by atoms with Gasteiger partial charge in [0.2, 0.25) is 6.33 Å². The maximum absolute atomic E-state index is 11.8. The molecule has 0 aliphatic carbocycles. The number of esters is 1. The van der Waals surface area contributed by atoms with Crippen molar-refractivity contribution in [2.45, 2.75) is 39.3 Å². The number of hydrogen-bond donors (Lipinski definition) is 2. The Morgan fingerprint density at radius 3 is 2.64 bits per heavy atom. The molecule has 1 heterocycles. The zero-order chi connectivity index (χ0) is 16.5. The molecule has 2 N–H and O–H groups in total. The van der Waals surface area contributed by atoms with Crippen molar-refractivity contribution in [3.05, 3.63) is 18.7 Å². The van der Waals surface area contributed by atoms with E-state index in [9.17, 15) is 9.59 Å². The monoisotopic (exact) mass is 311 g/mol. The van der Waals surface area contributed by atoms with Crippen LogP contribution < -0.4 is 15.2 Å². The molecule has 1 aromatic rings. The van der Waals surface area contributed by atoms with Crippen molar-refractivity contribution < 1.29 is 18.9 Å². The minimum Gasteiger partial charge on any atom is -0.467 e. The number of amides is 2. The second kappa shape index (κ2) is 9.07. The molecule has 1 aromatic heterocycles. The van der Waals surface area contributed by atoms with Crippen molar-refractivity contribution in [3.63, 3.8) is 0 Å². The highest BCUT2D eigenvalue weighted by Crippen LogP contribution is 2.06. The molecule has 0 fully saturated rings. The summed E-state index contributed by atoms with van der Waals surface area (Å²) in [6.07, 6.45) is 7.30. The van der Waals surface area contributed by atoms with Crippen molar-refractivity contribution in [2.75, 3.05) is 13.7 Å². The highest BCUT2D eigenvalue weighted by molar-refractivity contribution is 5.83. The van der Waals surface area contributed by atoms with Gasteiger partial charge in [0.05, 0.1) is 20.7 Å². The smallest absolute Gasteiger partial charge is 0.328 e. The maximum Gasteiger partial charge on any atom is 0.328 e. The molecule has 0 bridgehead atoms. The molecule has 1 rings (SSSR count). The van der Waals surface area contributed by atoms with Crippen LogP contribution in [0.25, 0.3) is 0 Å². The van der Waals surface area contributed by atoms with Crippen LogP contribution in [0.15, 0.2) is 18.7 Å². The minimum absolute atomic E-state index is 0.291. The number of carbonyl (C=O) groups is 2. The summed E-state index contributed by atoms with van der Waals surface area (Å²) in [5.74, 6) is -0.123. The second-order valence-corrected chi connectivity index (χ2v) is 5.78. The van der Waals surface area contributed by atoms with E-state index in [1.54, 1.807) is 0 Å². The number of urea groups is 1. The molecule has 22 heavy (non-hydrogen) atoms. The molecular formula is C15H27N4O3+. The van der Waals surface area contributed by atoms with Crippen LogP contribution in [0.3, 0.4) is 0 Å². The summed E-state index contributed by atoms with van der Waals surface area (Å²) in [7, 11) is 3.29. The van der Waals surface area contributed by atoms with Gasteiger partial charge in [-0.15, -0.1) is 0 Å². The largest absolute Gasteiger partial charge is 0.467 e. The topological polar surface area (TPSA) is 76.2 Å². The van der Waals surface area contributed by atoms with Gasteiger partial charge in [-0.05, 0) is 12.3 Å². The summed E-state index contributed by atoms with van der Waals surface area (Å²) in [4.78, 5) is 23.5. The Kier molecular flexibility index (Phi) is 7.42. The Hall–Kier alpha value is -2.05. The quantitative estimate of drug-likeness (QED) is 0.419. The molecule has 0 aromatic carbocycles. The van der Waals surface area contributed by atoms with E-state index in [2.05, 4.69) is 15.2 Å². The van der Waals surface area contributed by atoms with Crippen LogP contribution in [-0.2, 0) is 23.1 Å². The molecule has 0 radical (unpaired) electrons. The fraction of sp³-hybridized carbons (Fsp3) is 0.667. The van der Waals surface area contributed by atoms with Gasteiger partial charge < -0.3 is 15.4 Å². The number of nitrogens with zero attached hydrogens (tertiary/aromatic N) is 2. The summed E-state index contributed by atoms with van der Waals surface area (Å²) >= 11 is 0. The molecule has 2 amide bonds. The van der Waals surface area contributed by atoms with Crippen LogP contribution in [0.1, 0.15) is 26.7 Å². The molecular weight excluding hydrogens is 284 g/mol. The first kappa shape index (κ1) is 18.0. The third-order valence-corrected chi connectivity index (χ3v) is 3.20. The first-order valence-electron chi connectivity index (χ1n) is 7.55. The van der Waals surface area contributed by atoms with E-state index in [4.69, 9.17) is 4.74 Å². The van der Waals surface area contributed by atoms with E-state index < -0.39 is 12.0 Å². The lowest BCUT2D eigenvalue weighted by Crippen LogP contribution is -2.47. The minimum atomic E-state index is -0.603. The van der Waals surface area contributed by atoms with E-state index in [0.29, 0.717) is 18.9 Å². The van der Waals surface area contributed by atoms with Crippen molar-refractivity contribution in [3.8, 4) is 0 Å². The molecule has 0 aliphatic rings. The van der Waals surface area contributed by atoms with Crippen LogP contribution in [0.2, 0.25) is 0 Å². The fourth-order valence-electron chi connectivity index (χ4n) is 2.13. The van der Waals surface area contributed by atoms with Crippen molar-refractivity contribution in [1.82, 2.24) is 15.2 Å².